The third kappa shape index (κ3) is 4.79. The number of rotatable bonds is 8. The van der Waals surface area contributed by atoms with Crippen molar-refractivity contribution in [1.29, 1.82) is 0 Å². The minimum Gasteiger partial charge on any atom is -0.491 e. The Morgan fingerprint density at radius 3 is 1.30 bits per heavy atom. The number of hydrogen-bond donors (Lipinski definition) is 0. The minimum atomic E-state index is 0.0380. The van der Waals surface area contributed by atoms with Gasteiger partial charge in [0.25, 0.3) is 0 Å². The van der Waals surface area contributed by atoms with E-state index in [1.165, 1.54) is 50.1 Å². The quantitative estimate of drug-likeness (QED) is 0.192. The number of allylic oxidation sites excluding steroid dienone is 4. The third-order valence-corrected chi connectivity index (χ3v) is 7.71. The largest absolute Gasteiger partial charge is 0.491 e. The maximum atomic E-state index is 6.00. The average molecular weight is 519 g/mol. The first-order valence-electron chi connectivity index (χ1n) is 13.9. The Bertz CT molecular complexity index is 1550. The van der Waals surface area contributed by atoms with Crippen LogP contribution in [0.15, 0.2) is 146 Å². The van der Waals surface area contributed by atoms with Crippen LogP contribution in [0.4, 0.5) is 0 Å². The Labute approximate surface area is 235 Å². The maximum absolute atomic E-state index is 6.00. The molecule has 2 aliphatic rings. The number of epoxide rings is 1. The van der Waals surface area contributed by atoms with Crippen molar-refractivity contribution in [2.24, 2.45) is 0 Å². The van der Waals surface area contributed by atoms with Gasteiger partial charge in [-0.3, -0.25) is 0 Å². The standard InChI is InChI=1S/C38H30O2/c1-5-13-27(14-6-1)34-35(28-15-7-2-8-16-28)37(30-19-11-4-12-20-30)38(36(34)29-17-9-3-10-18-29)31-21-23-32(24-22-31)39-25-33-26-40-33/h1-24,33,38H,25-26H2. The van der Waals surface area contributed by atoms with Crippen molar-refractivity contribution in [1.82, 2.24) is 0 Å². The summed E-state index contributed by atoms with van der Waals surface area (Å²) >= 11 is 0. The lowest BCUT2D eigenvalue weighted by atomic mass is 9.81. The normalized spacial score (nSPS) is 16.9. The smallest absolute Gasteiger partial charge is 0.119 e. The second-order valence-corrected chi connectivity index (χ2v) is 10.3. The van der Waals surface area contributed by atoms with Gasteiger partial charge in [-0.1, -0.05) is 133 Å². The molecule has 40 heavy (non-hydrogen) atoms. The SMILES string of the molecule is c1ccc(C2=C(c3ccccc3)C(c3ccc(OCC4CO4)cc3)C(c3ccccc3)=C2c2ccccc2)cc1. The molecule has 1 unspecified atom stereocenters. The summed E-state index contributed by atoms with van der Waals surface area (Å²) in [5.41, 5.74) is 11.4. The van der Waals surface area contributed by atoms with E-state index in [0.29, 0.717) is 6.61 Å². The lowest BCUT2D eigenvalue weighted by Crippen LogP contribution is -2.05. The highest BCUT2D eigenvalue weighted by Crippen LogP contribution is 2.58. The van der Waals surface area contributed by atoms with Gasteiger partial charge in [-0.2, -0.15) is 0 Å². The Hall–Kier alpha value is -4.66. The van der Waals surface area contributed by atoms with E-state index in [-0.39, 0.29) is 12.0 Å². The lowest BCUT2D eigenvalue weighted by molar-refractivity contribution is 0.263. The Balaban J connectivity index is 1.50. The summed E-state index contributed by atoms with van der Waals surface area (Å²) in [4.78, 5) is 0. The number of ether oxygens (including phenoxy) is 2. The van der Waals surface area contributed by atoms with E-state index in [0.717, 1.165) is 12.4 Å². The molecule has 2 heteroatoms. The van der Waals surface area contributed by atoms with E-state index in [1.807, 2.05) is 0 Å². The molecule has 1 aliphatic carbocycles. The fourth-order valence-electron chi connectivity index (χ4n) is 5.81. The highest BCUT2D eigenvalue weighted by molar-refractivity contribution is 6.29. The Morgan fingerprint density at radius 2 is 0.900 bits per heavy atom. The van der Waals surface area contributed by atoms with Crippen molar-refractivity contribution in [3.63, 3.8) is 0 Å². The third-order valence-electron chi connectivity index (χ3n) is 7.71. The van der Waals surface area contributed by atoms with Crippen LogP contribution < -0.4 is 4.74 Å². The van der Waals surface area contributed by atoms with Crippen molar-refractivity contribution in [2.45, 2.75) is 12.0 Å². The molecular formula is C38H30O2. The first-order valence-corrected chi connectivity index (χ1v) is 13.9. The van der Waals surface area contributed by atoms with Crippen LogP contribution in [-0.4, -0.2) is 19.3 Å². The summed E-state index contributed by atoms with van der Waals surface area (Å²) in [6.45, 7) is 1.39. The van der Waals surface area contributed by atoms with Crippen molar-refractivity contribution < 1.29 is 9.47 Å². The molecule has 1 fully saturated rings. The summed E-state index contributed by atoms with van der Waals surface area (Å²) in [6, 6.07) is 52.1. The minimum absolute atomic E-state index is 0.0380. The zero-order chi connectivity index (χ0) is 26.7. The molecule has 0 bridgehead atoms. The van der Waals surface area contributed by atoms with E-state index in [9.17, 15) is 0 Å². The van der Waals surface area contributed by atoms with Crippen molar-refractivity contribution in [3.05, 3.63) is 173 Å². The van der Waals surface area contributed by atoms with Crippen LogP contribution in [0.2, 0.25) is 0 Å². The molecule has 7 rings (SSSR count). The maximum Gasteiger partial charge on any atom is 0.119 e. The highest BCUT2D eigenvalue weighted by atomic mass is 16.6. The van der Waals surface area contributed by atoms with Crippen LogP contribution in [0.25, 0.3) is 22.3 Å². The van der Waals surface area contributed by atoms with E-state index < -0.39 is 0 Å². The molecule has 0 amide bonds. The average Bonchev–Trinajstić information content (AvgIpc) is 3.80. The van der Waals surface area contributed by atoms with Gasteiger partial charge < -0.3 is 9.47 Å². The molecule has 5 aromatic carbocycles. The van der Waals surface area contributed by atoms with Crippen LogP contribution >= 0.6 is 0 Å². The molecule has 1 aliphatic heterocycles. The van der Waals surface area contributed by atoms with Gasteiger partial charge in [0, 0.05) is 5.92 Å². The Kier molecular flexibility index (Phi) is 6.61. The summed E-state index contributed by atoms with van der Waals surface area (Å²) in [6.07, 6.45) is 0.233. The van der Waals surface area contributed by atoms with Gasteiger partial charge in [0.05, 0.1) is 6.61 Å². The molecule has 0 radical (unpaired) electrons. The van der Waals surface area contributed by atoms with Crippen LogP contribution in [0.3, 0.4) is 0 Å². The zero-order valence-electron chi connectivity index (χ0n) is 22.2. The molecule has 0 spiro atoms. The van der Waals surface area contributed by atoms with Crippen molar-refractivity contribution in [3.8, 4) is 5.75 Å². The zero-order valence-corrected chi connectivity index (χ0v) is 22.2. The van der Waals surface area contributed by atoms with Gasteiger partial charge in [0.2, 0.25) is 0 Å². The molecule has 2 nitrogen and oxygen atoms in total. The van der Waals surface area contributed by atoms with Gasteiger partial charge in [0.1, 0.15) is 18.5 Å². The highest BCUT2D eigenvalue weighted by Gasteiger charge is 2.37. The van der Waals surface area contributed by atoms with E-state index >= 15 is 0 Å². The molecule has 5 aromatic rings. The Morgan fingerprint density at radius 1 is 0.500 bits per heavy atom. The summed E-state index contributed by atoms with van der Waals surface area (Å²) in [5, 5.41) is 0. The summed E-state index contributed by atoms with van der Waals surface area (Å²) < 4.78 is 11.3. The van der Waals surface area contributed by atoms with Gasteiger partial charge in [-0.15, -0.1) is 0 Å². The molecular weight excluding hydrogens is 488 g/mol. The molecule has 1 saturated heterocycles. The van der Waals surface area contributed by atoms with Gasteiger partial charge in [-0.05, 0) is 62.2 Å². The number of hydrogen-bond acceptors (Lipinski definition) is 2. The van der Waals surface area contributed by atoms with Gasteiger partial charge >= 0.3 is 0 Å². The first kappa shape index (κ1) is 24.4. The fraction of sp³-hybridized carbons (Fsp3) is 0.105. The second-order valence-electron chi connectivity index (χ2n) is 10.3. The summed E-state index contributed by atoms with van der Waals surface area (Å²) in [7, 11) is 0. The first-order chi connectivity index (χ1) is 19.9. The van der Waals surface area contributed by atoms with Gasteiger partial charge in [-0.25, -0.2) is 0 Å². The molecule has 1 atom stereocenters. The predicted molar refractivity (Wildman–Crippen MR) is 164 cm³/mol. The van der Waals surface area contributed by atoms with Crippen molar-refractivity contribution >= 4 is 22.3 Å². The fourth-order valence-corrected chi connectivity index (χ4v) is 5.81. The monoisotopic (exact) mass is 518 g/mol. The van der Waals surface area contributed by atoms with Gasteiger partial charge in [0.15, 0.2) is 0 Å². The molecule has 194 valence electrons. The van der Waals surface area contributed by atoms with Crippen LogP contribution in [0.5, 0.6) is 5.75 Å². The number of benzene rings is 5. The van der Waals surface area contributed by atoms with Crippen molar-refractivity contribution in [2.75, 3.05) is 13.2 Å². The summed E-state index contributed by atoms with van der Waals surface area (Å²) in [5.74, 6) is 0.912. The topological polar surface area (TPSA) is 21.8 Å². The molecule has 0 aromatic heterocycles. The predicted octanol–water partition coefficient (Wildman–Crippen LogP) is 8.78. The molecule has 0 N–H and O–H groups in total. The van der Waals surface area contributed by atoms with Crippen LogP contribution in [0, 0.1) is 0 Å². The van der Waals surface area contributed by atoms with E-state index in [1.54, 1.807) is 0 Å². The van der Waals surface area contributed by atoms with Crippen LogP contribution in [0.1, 0.15) is 33.7 Å². The van der Waals surface area contributed by atoms with E-state index in [4.69, 9.17) is 9.47 Å². The molecule has 1 heterocycles. The van der Waals surface area contributed by atoms with Crippen LogP contribution in [-0.2, 0) is 4.74 Å². The van der Waals surface area contributed by atoms with E-state index in [2.05, 4.69) is 146 Å². The molecule has 0 saturated carbocycles. The lowest BCUT2D eigenvalue weighted by Gasteiger charge is -2.22. The second kappa shape index (κ2) is 10.8.